The van der Waals surface area contributed by atoms with Crippen LogP contribution in [0.25, 0.3) is 0 Å². The van der Waals surface area contributed by atoms with E-state index >= 15 is 0 Å². The van der Waals surface area contributed by atoms with Crippen molar-refractivity contribution in [2.75, 3.05) is 12.8 Å². The van der Waals surface area contributed by atoms with E-state index in [0.717, 1.165) is 5.56 Å². The largest absolute Gasteiger partial charge is 0.497 e. The zero-order valence-electron chi connectivity index (χ0n) is 10.8. The lowest BCUT2D eigenvalue weighted by Gasteiger charge is -2.11. The predicted molar refractivity (Wildman–Crippen MR) is 73.4 cm³/mol. The van der Waals surface area contributed by atoms with Crippen molar-refractivity contribution < 1.29 is 9.47 Å². The highest BCUT2D eigenvalue weighted by Gasteiger charge is 2.08. The number of aryl methyl sites for hydroxylation is 1. The quantitative estimate of drug-likeness (QED) is 0.854. The third-order valence-corrected chi connectivity index (χ3v) is 2.69. The van der Waals surface area contributed by atoms with Gasteiger partial charge in [0.25, 0.3) is 0 Å². The summed E-state index contributed by atoms with van der Waals surface area (Å²) in [7, 11) is 1.57. The maximum absolute atomic E-state index is 9.09. The van der Waals surface area contributed by atoms with Gasteiger partial charge in [0.1, 0.15) is 17.6 Å². The Morgan fingerprint density at radius 1 is 1.11 bits per heavy atom. The molecule has 4 heteroatoms. The van der Waals surface area contributed by atoms with Gasteiger partial charge in [-0.1, -0.05) is 6.07 Å². The van der Waals surface area contributed by atoms with Crippen LogP contribution in [-0.4, -0.2) is 7.11 Å². The number of nitrogen functional groups attached to an aromatic ring is 1. The standard InChI is InChI=1S/C15H14N2O2/c1-10-3-5-14(11(7-10)9-16)19-15-6-4-12(18-2)8-13(15)17/h3-8H,17H2,1-2H3. The number of benzene rings is 2. The molecule has 0 aromatic heterocycles. The molecule has 0 heterocycles. The van der Waals surface area contributed by atoms with Crippen molar-refractivity contribution in [2.45, 2.75) is 6.92 Å². The minimum atomic E-state index is 0.462. The molecule has 0 amide bonds. The number of hydrogen-bond acceptors (Lipinski definition) is 4. The summed E-state index contributed by atoms with van der Waals surface area (Å²) in [6.07, 6.45) is 0. The van der Waals surface area contributed by atoms with E-state index in [1.165, 1.54) is 0 Å². The fraction of sp³-hybridized carbons (Fsp3) is 0.133. The number of methoxy groups -OCH3 is 1. The average molecular weight is 254 g/mol. The van der Waals surface area contributed by atoms with Gasteiger partial charge in [-0.15, -0.1) is 0 Å². The van der Waals surface area contributed by atoms with Crippen LogP contribution in [0.5, 0.6) is 17.2 Å². The van der Waals surface area contributed by atoms with Gasteiger partial charge in [0, 0.05) is 6.07 Å². The summed E-state index contributed by atoms with van der Waals surface area (Å²) in [5, 5.41) is 9.09. The molecule has 96 valence electrons. The van der Waals surface area contributed by atoms with Crippen molar-refractivity contribution in [1.82, 2.24) is 0 Å². The number of hydrogen-bond donors (Lipinski definition) is 1. The lowest BCUT2D eigenvalue weighted by atomic mass is 10.1. The van der Waals surface area contributed by atoms with Crippen LogP contribution in [-0.2, 0) is 0 Å². The second-order valence-electron chi connectivity index (χ2n) is 4.12. The van der Waals surface area contributed by atoms with E-state index in [1.54, 1.807) is 37.4 Å². The molecular formula is C15H14N2O2. The molecule has 2 aromatic rings. The van der Waals surface area contributed by atoms with Gasteiger partial charge in [-0.2, -0.15) is 5.26 Å². The lowest BCUT2D eigenvalue weighted by molar-refractivity contribution is 0.413. The van der Waals surface area contributed by atoms with Gasteiger partial charge in [0.15, 0.2) is 5.75 Å². The number of ether oxygens (including phenoxy) is 2. The molecule has 0 atom stereocenters. The summed E-state index contributed by atoms with van der Waals surface area (Å²) in [4.78, 5) is 0. The Labute approximate surface area is 112 Å². The molecule has 0 spiro atoms. The molecule has 0 saturated carbocycles. The maximum atomic E-state index is 9.09. The monoisotopic (exact) mass is 254 g/mol. The SMILES string of the molecule is COc1ccc(Oc2ccc(C)cc2C#N)c(N)c1. The van der Waals surface area contributed by atoms with Crippen LogP contribution in [0.15, 0.2) is 36.4 Å². The predicted octanol–water partition coefficient (Wildman–Crippen LogP) is 3.25. The van der Waals surface area contributed by atoms with Crippen molar-refractivity contribution >= 4 is 5.69 Å². The lowest BCUT2D eigenvalue weighted by Crippen LogP contribution is -1.95. The van der Waals surface area contributed by atoms with E-state index in [9.17, 15) is 0 Å². The third-order valence-electron chi connectivity index (χ3n) is 2.69. The second-order valence-corrected chi connectivity index (χ2v) is 4.12. The summed E-state index contributed by atoms with van der Waals surface area (Å²) in [5.74, 6) is 1.65. The molecule has 0 bridgehead atoms. The van der Waals surface area contributed by atoms with Gasteiger partial charge in [0.2, 0.25) is 0 Å². The average Bonchev–Trinajstić information content (AvgIpc) is 2.42. The summed E-state index contributed by atoms with van der Waals surface area (Å²) in [5.41, 5.74) is 7.83. The first-order valence-electron chi connectivity index (χ1n) is 5.76. The molecule has 19 heavy (non-hydrogen) atoms. The molecule has 0 aliphatic rings. The fourth-order valence-electron chi connectivity index (χ4n) is 1.69. The molecule has 2 rings (SSSR count). The highest BCUT2D eigenvalue weighted by Crippen LogP contribution is 2.32. The van der Waals surface area contributed by atoms with Gasteiger partial charge in [-0.05, 0) is 36.8 Å². The van der Waals surface area contributed by atoms with Crippen molar-refractivity contribution in [1.29, 1.82) is 5.26 Å². The molecule has 0 fully saturated rings. The number of nitrogens with zero attached hydrogens (tertiary/aromatic N) is 1. The fourth-order valence-corrected chi connectivity index (χ4v) is 1.69. The Morgan fingerprint density at radius 3 is 2.47 bits per heavy atom. The van der Waals surface area contributed by atoms with Gasteiger partial charge < -0.3 is 15.2 Å². The van der Waals surface area contributed by atoms with Crippen LogP contribution < -0.4 is 15.2 Å². The van der Waals surface area contributed by atoms with E-state index < -0.39 is 0 Å². The molecule has 0 aliphatic heterocycles. The van der Waals surface area contributed by atoms with E-state index in [4.69, 9.17) is 20.5 Å². The van der Waals surface area contributed by atoms with Gasteiger partial charge in [0.05, 0.1) is 18.4 Å². The number of nitrogens with two attached hydrogens (primary N) is 1. The van der Waals surface area contributed by atoms with Crippen LogP contribution >= 0.6 is 0 Å². The van der Waals surface area contributed by atoms with Crippen molar-refractivity contribution in [3.05, 3.63) is 47.5 Å². The Morgan fingerprint density at radius 2 is 1.84 bits per heavy atom. The van der Waals surface area contributed by atoms with Crippen LogP contribution in [0.4, 0.5) is 5.69 Å². The Balaban J connectivity index is 2.34. The highest BCUT2D eigenvalue weighted by atomic mass is 16.5. The van der Waals surface area contributed by atoms with E-state index in [1.807, 2.05) is 13.0 Å². The van der Waals surface area contributed by atoms with E-state index in [0.29, 0.717) is 28.5 Å². The van der Waals surface area contributed by atoms with Gasteiger partial charge >= 0.3 is 0 Å². The molecule has 0 radical (unpaired) electrons. The Bertz CT molecular complexity index is 645. The third kappa shape index (κ3) is 2.78. The molecule has 2 N–H and O–H groups in total. The molecule has 0 unspecified atom stereocenters. The zero-order chi connectivity index (χ0) is 13.8. The number of nitriles is 1. The van der Waals surface area contributed by atoms with Crippen LogP contribution in [0.3, 0.4) is 0 Å². The smallest absolute Gasteiger partial charge is 0.150 e. The van der Waals surface area contributed by atoms with Crippen molar-refractivity contribution in [3.8, 4) is 23.3 Å². The molecule has 4 nitrogen and oxygen atoms in total. The molecular weight excluding hydrogens is 240 g/mol. The summed E-state index contributed by atoms with van der Waals surface area (Å²) >= 11 is 0. The van der Waals surface area contributed by atoms with E-state index in [2.05, 4.69) is 6.07 Å². The number of rotatable bonds is 3. The zero-order valence-corrected chi connectivity index (χ0v) is 10.8. The normalized spacial score (nSPS) is 9.74. The maximum Gasteiger partial charge on any atom is 0.150 e. The van der Waals surface area contributed by atoms with E-state index in [-0.39, 0.29) is 0 Å². The number of anilines is 1. The minimum Gasteiger partial charge on any atom is -0.497 e. The topological polar surface area (TPSA) is 68.3 Å². The van der Waals surface area contributed by atoms with Crippen molar-refractivity contribution in [2.24, 2.45) is 0 Å². The Kier molecular flexibility index (Phi) is 3.58. The molecule has 0 saturated heterocycles. The summed E-state index contributed by atoms with van der Waals surface area (Å²) < 4.78 is 10.8. The molecule has 2 aromatic carbocycles. The highest BCUT2D eigenvalue weighted by molar-refractivity contribution is 5.58. The van der Waals surface area contributed by atoms with Crippen LogP contribution in [0.1, 0.15) is 11.1 Å². The summed E-state index contributed by atoms with van der Waals surface area (Å²) in [6.45, 7) is 1.92. The first-order valence-corrected chi connectivity index (χ1v) is 5.76. The summed E-state index contributed by atoms with van der Waals surface area (Å²) in [6, 6.07) is 12.7. The second kappa shape index (κ2) is 5.32. The first-order chi connectivity index (χ1) is 9.13. The minimum absolute atomic E-state index is 0.462. The molecule has 0 aliphatic carbocycles. The Hall–Kier alpha value is -2.67. The van der Waals surface area contributed by atoms with Gasteiger partial charge in [-0.25, -0.2) is 0 Å². The van der Waals surface area contributed by atoms with Gasteiger partial charge in [-0.3, -0.25) is 0 Å². The van der Waals surface area contributed by atoms with Crippen LogP contribution in [0.2, 0.25) is 0 Å². The van der Waals surface area contributed by atoms with Crippen molar-refractivity contribution in [3.63, 3.8) is 0 Å². The first kappa shape index (κ1) is 12.8. The van der Waals surface area contributed by atoms with Crippen LogP contribution in [0, 0.1) is 18.3 Å².